The van der Waals surface area contributed by atoms with Crippen LogP contribution in [0.4, 0.5) is 10.5 Å². The van der Waals surface area contributed by atoms with E-state index < -0.39 is 6.10 Å². The van der Waals surface area contributed by atoms with Gasteiger partial charge in [-0.05, 0) is 31.0 Å². The molecule has 2 unspecified atom stereocenters. The number of aliphatic hydroxyl groups excluding tert-OH is 1. The first-order valence-corrected chi connectivity index (χ1v) is 6.47. The van der Waals surface area contributed by atoms with Crippen LogP contribution in [0, 0.1) is 0 Å². The van der Waals surface area contributed by atoms with Gasteiger partial charge in [0.2, 0.25) is 0 Å². The molecule has 0 radical (unpaired) electrons. The molecule has 1 aromatic rings. The van der Waals surface area contributed by atoms with Crippen molar-refractivity contribution >= 4 is 11.7 Å². The normalized spacial score (nSPS) is 20.1. The third kappa shape index (κ3) is 3.45. The molecule has 1 saturated heterocycles. The van der Waals surface area contributed by atoms with Gasteiger partial charge in [-0.15, -0.1) is 0 Å². The number of nitrogens with zero attached hydrogens (tertiary/aromatic N) is 1. The Bertz CT molecular complexity index is 442. The molecule has 1 aromatic carbocycles. The molecule has 104 valence electrons. The Morgan fingerprint density at radius 1 is 1.58 bits per heavy atom. The summed E-state index contributed by atoms with van der Waals surface area (Å²) in [5.74, 6) is 0. The Hall–Kier alpha value is -1.59. The first-order valence-electron chi connectivity index (χ1n) is 6.47. The highest BCUT2D eigenvalue weighted by Crippen LogP contribution is 2.18. The number of rotatable bonds is 3. The van der Waals surface area contributed by atoms with Crippen molar-refractivity contribution in [1.82, 2.24) is 4.90 Å². The summed E-state index contributed by atoms with van der Waals surface area (Å²) in [5, 5.41) is 12.4. The third-order valence-corrected chi connectivity index (χ3v) is 3.39. The van der Waals surface area contributed by atoms with E-state index in [0.717, 1.165) is 12.0 Å². The fourth-order valence-corrected chi connectivity index (χ4v) is 2.08. The summed E-state index contributed by atoms with van der Waals surface area (Å²) < 4.78 is 5.27. The van der Waals surface area contributed by atoms with Crippen molar-refractivity contribution in [2.45, 2.75) is 25.5 Å². The summed E-state index contributed by atoms with van der Waals surface area (Å²) in [6.45, 7) is 3.00. The minimum Gasteiger partial charge on any atom is -0.389 e. The Morgan fingerprint density at radius 3 is 3.00 bits per heavy atom. The van der Waals surface area contributed by atoms with Gasteiger partial charge in [-0.1, -0.05) is 12.1 Å². The van der Waals surface area contributed by atoms with Crippen LogP contribution in [0.2, 0.25) is 0 Å². The van der Waals surface area contributed by atoms with E-state index in [1.807, 2.05) is 18.2 Å². The largest absolute Gasteiger partial charge is 0.389 e. The first-order chi connectivity index (χ1) is 9.08. The molecule has 0 aromatic heterocycles. The molecule has 5 nitrogen and oxygen atoms in total. The van der Waals surface area contributed by atoms with Crippen molar-refractivity contribution in [2.24, 2.45) is 0 Å². The lowest BCUT2D eigenvalue weighted by Gasteiger charge is -2.23. The van der Waals surface area contributed by atoms with Crippen LogP contribution in [-0.2, 0) is 4.74 Å². The fraction of sp³-hybridized carbons (Fsp3) is 0.500. The number of hydrogen-bond acceptors (Lipinski definition) is 3. The molecule has 1 heterocycles. The number of urea groups is 1. The van der Waals surface area contributed by atoms with Gasteiger partial charge in [-0.2, -0.15) is 0 Å². The van der Waals surface area contributed by atoms with Crippen LogP contribution in [-0.4, -0.2) is 42.3 Å². The van der Waals surface area contributed by atoms with Gasteiger partial charge in [-0.3, -0.25) is 0 Å². The highest BCUT2D eigenvalue weighted by atomic mass is 16.5. The minimum atomic E-state index is -0.544. The summed E-state index contributed by atoms with van der Waals surface area (Å²) in [6.07, 6.45) is 0.329. The SMILES string of the molecule is CC(O)c1cccc(NC(=O)N(C)C2CCOC2)c1. The molecule has 0 saturated carbocycles. The summed E-state index contributed by atoms with van der Waals surface area (Å²) >= 11 is 0. The monoisotopic (exact) mass is 264 g/mol. The van der Waals surface area contributed by atoms with Crippen molar-refractivity contribution in [3.8, 4) is 0 Å². The fourth-order valence-electron chi connectivity index (χ4n) is 2.08. The van der Waals surface area contributed by atoms with Crippen LogP contribution < -0.4 is 5.32 Å². The number of anilines is 1. The molecular weight excluding hydrogens is 244 g/mol. The van der Waals surface area contributed by atoms with Crippen molar-refractivity contribution in [3.05, 3.63) is 29.8 Å². The van der Waals surface area contributed by atoms with E-state index in [1.54, 1.807) is 24.9 Å². The van der Waals surface area contributed by atoms with Gasteiger partial charge in [-0.25, -0.2) is 4.79 Å². The second kappa shape index (κ2) is 6.04. The molecule has 2 amide bonds. The lowest BCUT2D eigenvalue weighted by atomic mass is 10.1. The summed E-state index contributed by atoms with van der Waals surface area (Å²) in [5.41, 5.74) is 1.47. The Labute approximate surface area is 113 Å². The molecule has 1 aliphatic rings. The quantitative estimate of drug-likeness (QED) is 0.877. The van der Waals surface area contributed by atoms with Crippen LogP contribution in [0.5, 0.6) is 0 Å². The van der Waals surface area contributed by atoms with Gasteiger partial charge in [0.25, 0.3) is 0 Å². The van der Waals surface area contributed by atoms with Crippen LogP contribution in [0.25, 0.3) is 0 Å². The van der Waals surface area contributed by atoms with E-state index in [2.05, 4.69) is 5.32 Å². The van der Waals surface area contributed by atoms with Crippen molar-refractivity contribution in [1.29, 1.82) is 0 Å². The molecule has 2 atom stereocenters. The average Bonchev–Trinajstić information content (AvgIpc) is 2.92. The molecule has 5 heteroatoms. The van der Waals surface area contributed by atoms with Crippen molar-refractivity contribution < 1.29 is 14.6 Å². The third-order valence-electron chi connectivity index (χ3n) is 3.39. The zero-order valence-electron chi connectivity index (χ0n) is 11.3. The smallest absolute Gasteiger partial charge is 0.321 e. The van der Waals surface area contributed by atoms with Crippen molar-refractivity contribution in [3.63, 3.8) is 0 Å². The molecule has 0 bridgehead atoms. The van der Waals surface area contributed by atoms with Crippen LogP contribution >= 0.6 is 0 Å². The minimum absolute atomic E-state index is 0.139. The van der Waals surface area contributed by atoms with Gasteiger partial charge in [0.05, 0.1) is 18.8 Å². The molecule has 1 aliphatic heterocycles. The molecule has 0 spiro atoms. The highest BCUT2D eigenvalue weighted by Gasteiger charge is 2.24. The second-order valence-electron chi connectivity index (χ2n) is 4.86. The molecular formula is C14H20N2O3. The van der Waals surface area contributed by atoms with E-state index in [9.17, 15) is 9.90 Å². The number of ether oxygens (including phenoxy) is 1. The zero-order chi connectivity index (χ0) is 13.8. The number of benzene rings is 1. The van der Waals surface area contributed by atoms with Crippen molar-refractivity contribution in [2.75, 3.05) is 25.6 Å². The lowest BCUT2D eigenvalue weighted by Crippen LogP contribution is -2.40. The maximum Gasteiger partial charge on any atom is 0.321 e. The maximum atomic E-state index is 12.1. The lowest BCUT2D eigenvalue weighted by molar-refractivity contribution is 0.164. The van der Waals surface area contributed by atoms with E-state index >= 15 is 0 Å². The Kier molecular flexibility index (Phi) is 4.39. The number of carbonyl (C=O) groups excluding carboxylic acids is 1. The number of amides is 2. The Balaban J connectivity index is 1.99. The molecule has 1 fully saturated rings. The number of nitrogens with one attached hydrogen (secondary N) is 1. The summed E-state index contributed by atoms with van der Waals surface area (Å²) in [4.78, 5) is 13.7. The standard InChI is InChI=1S/C14H20N2O3/c1-10(17)11-4-3-5-12(8-11)15-14(18)16(2)13-6-7-19-9-13/h3-5,8,10,13,17H,6-7,9H2,1-2H3,(H,15,18). The molecule has 19 heavy (non-hydrogen) atoms. The predicted octanol–water partition coefficient (Wildman–Crippen LogP) is 1.99. The topological polar surface area (TPSA) is 61.8 Å². The van der Waals surface area contributed by atoms with Crippen LogP contribution in [0.1, 0.15) is 25.0 Å². The van der Waals surface area contributed by atoms with Gasteiger partial charge in [0, 0.05) is 19.3 Å². The van der Waals surface area contributed by atoms with E-state index in [4.69, 9.17) is 4.74 Å². The van der Waals surface area contributed by atoms with Gasteiger partial charge >= 0.3 is 6.03 Å². The molecule has 2 rings (SSSR count). The predicted molar refractivity (Wildman–Crippen MR) is 73.1 cm³/mol. The van der Waals surface area contributed by atoms with Crippen LogP contribution in [0.3, 0.4) is 0 Å². The number of carbonyl (C=O) groups is 1. The van der Waals surface area contributed by atoms with Gasteiger partial charge in [0.1, 0.15) is 0 Å². The molecule has 2 N–H and O–H groups in total. The van der Waals surface area contributed by atoms with Crippen LogP contribution in [0.15, 0.2) is 24.3 Å². The zero-order valence-corrected chi connectivity index (χ0v) is 11.3. The number of likely N-dealkylation sites (N-methyl/N-ethyl adjacent to an activating group) is 1. The Morgan fingerprint density at radius 2 is 2.37 bits per heavy atom. The molecule has 0 aliphatic carbocycles. The second-order valence-corrected chi connectivity index (χ2v) is 4.86. The number of aliphatic hydroxyl groups is 1. The number of hydrogen-bond donors (Lipinski definition) is 2. The van der Waals surface area contributed by atoms with Gasteiger partial charge in [0.15, 0.2) is 0 Å². The summed E-state index contributed by atoms with van der Waals surface area (Å²) in [6, 6.07) is 7.22. The highest BCUT2D eigenvalue weighted by molar-refractivity contribution is 5.89. The first kappa shape index (κ1) is 13.8. The summed E-state index contributed by atoms with van der Waals surface area (Å²) in [7, 11) is 1.77. The van der Waals surface area contributed by atoms with E-state index in [1.165, 1.54) is 0 Å². The van der Waals surface area contributed by atoms with E-state index in [0.29, 0.717) is 18.9 Å². The van der Waals surface area contributed by atoms with Gasteiger partial charge < -0.3 is 20.1 Å². The maximum absolute atomic E-state index is 12.1. The van der Waals surface area contributed by atoms with E-state index in [-0.39, 0.29) is 12.1 Å². The average molecular weight is 264 g/mol.